The Balaban J connectivity index is 0.000000644. The zero-order valence-corrected chi connectivity index (χ0v) is 64.4. The maximum Gasteiger partial charge on any atom is 0.0684 e. The van der Waals surface area contributed by atoms with Gasteiger partial charge < -0.3 is 24.4 Å². The fourth-order valence-corrected chi connectivity index (χ4v) is 9.48. The number of aryl methyl sites for hydroxylation is 4. The largest absolute Gasteiger partial charge is 0.300 e. The maximum atomic E-state index is 13.6. The number of nitrogen functional groups attached to an aromatic ring is 1. The summed E-state index contributed by atoms with van der Waals surface area (Å²) in [6.45, 7) is 7.28. The Hall–Kier alpha value is -7.29. The fraction of sp³-hybridized carbons (Fsp3) is 0.162. The monoisotopic (exact) mass is 2030 g/mol. The quantitative estimate of drug-likeness (QED) is 0.0601. The molecule has 4 heterocycles. The number of aliphatic imine (C=N–C) groups is 1. The van der Waals surface area contributed by atoms with Gasteiger partial charge in [-0.3, -0.25) is 5.41 Å². The molecule has 11 nitrogen and oxygen atoms in total. The third-order valence-electron chi connectivity index (χ3n) is 13.0. The second-order valence-electron chi connectivity index (χ2n) is 20.8. The van der Waals surface area contributed by atoms with Gasteiger partial charge in [0.1, 0.15) is 5.82 Å². The first-order valence-electron chi connectivity index (χ1n) is 28.6. The van der Waals surface area contributed by atoms with Gasteiger partial charge in [-0.05, 0) is 112 Å². The topological polar surface area (TPSA) is 144 Å². The van der Waals surface area contributed by atoms with Crippen molar-refractivity contribution < 1.29 is 70.3 Å². The molecule has 0 unspecified atom stereocenters. The molecule has 0 aliphatic carbocycles. The van der Waals surface area contributed by atoms with E-state index in [0.29, 0.717) is 58.0 Å². The number of rotatable bonds is 8. The van der Waals surface area contributed by atoms with Gasteiger partial charge in [0.25, 0.3) is 0 Å². The predicted molar refractivity (Wildman–Crippen MR) is 422 cm³/mol. The van der Waals surface area contributed by atoms with Crippen molar-refractivity contribution in [2.75, 3.05) is 5.73 Å². The van der Waals surface area contributed by atoms with Gasteiger partial charge in [0.05, 0.1) is 81.8 Å². The number of imidazole rings is 4. The first kappa shape index (κ1) is 94.7. The molecule has 0 radical (unpaired) electrons. The van der Waals surface area contributed by atoms with E-state index in [1.54, 1.807) is 73.2 Å². The van der Waals surface area contributed by atoms with Crippen molar-refractivity contribution in [3.05, 3.63) is 326 Å². The van der Waals surface area contributed by atoms with E-state index >= 15 is 0 Å². The Bertz CT molecular complexity index is 4310. The molecule has 0 fully saturated rings. The number of halogens is 19. The van der Waals surface area contributed by atoms with Gasteiger partial charge in [-0.25, -0.2) is 29.3 Å². The van der Waals surface area contributed by atoms with Crippen LogP contribution < -0.4 is 19.0 Å². The molecule has 0 aliphatic heterocycles. The first-order chi connectivity index (χ1) is 46.7. The van der Waals surface area contributed by atoms with Crippen LogP contribution in [0.5, 0.6) is 0 Å². The average molecular weight is 2030 g/mol. The third-order valence-corrected chi connectivity index (χ3v) is 13.9. The van der Waals surface area contributed by atoms with Crippen LogP contribution in [0.1, 0.15) is 97.0 Å². The summed E-state index contributed by atoms with van der Waals surface area (Å²) in [5.74, 6) is -0.906. The van der Waals surface area contributed by atoms with E-state index in [-0.39, 0.29) is 69.5 Å². The van der Waals surface area contributed by atoms with Crippen LogP contribution in [0.2, 0.25) is 0 Å². The van der Waals surface area contributed by atoms with Gasteiger partial charge in [-0.1, -0.05) is 183 Å². The Labute approximate surface area is 660 Å². The second kappa shape index (κ2) is 44.6. The number of aromatic nitrogens is 8. The number of anilines is 1. The number of aromatic amines is 1. The summed E-state index contributed by atoms with van der Waals surface area (Å²) in [4.78, 5) is 23.4. The molecule has 0 amide bonds. The predicted octanol–water partition coefficient (Wildman–Crippen LogP) is 22.5. The summed E-state index contributed by atoms with van der Waals surface area (Å²) < 4.78 is 170. The number of alkyl halides is 12. The Morgan fingerprint density at radius 2 is 0.798 bits per heavy atom. The molecule has 0 spiro atoms. The molecule has 12 rings (SSSR count). The summed E-state index contributed by atoms with van der Waals surface area (Å²) in [6, 6.07) is 51.6. The van der Waals surface area contributed by atoms with Crippen LogP contribution in [0.15, 0.2) is 258 Å². The standard InChI is InChI=1S/C24H18F3N3.C13H11N.C11H8BrF3N2.C11H10F3N3.C7H3BrF4.C4H6N2.4CH4.I3.HI/c1-17-15-30(16-28-17)22-13-20(24(25,26)27)12-21(14-22)29-23(18-8-4-2-5-9-18)19-10-6-3-7-11-19;14-13(11-7-3-1-4-8-11)12-9-5-2-6-10-12;1-7-5-17(6-16-7)10-3-8(11(13,14)15)2-9(12)4-10;1-7-5-17(6-16-7)10-3-8(11(12,13)14)2-9(15)4-10;8-5-1-4(7(10,11)12)2-6(9)3-5;1-4-2-5-3-6-4;;;;;1-3-2;/h2-16H,1H3;1-10,14H;2-6H,1H3;2-6H,15H2,1H3;1-3H;2-3H,1H3,(H,5,6);4*1H4;;1H/q;;;;;;;;;;-1;. The number of benzene rings is 8. The molecule has 0 bridgehead atoms. The molecule has 4 aromatic heterocycles. The van der Waals surface area contributed by atoms with Crippen molar-refractivity contribution in [2.24, 2.45) is 4.99 Å². The average Bonchev–Trinajstić information content (AvgIpc) is 1.31. The van der Waals surface area contributed by atoms with Gasteiger partial charge in [0.2, 0.25) is 0 Å². The van der Waals surface area contributed by atoms with E-state index in [1.807, 2.05) is 128 Å². The minimum atomic E-state index is -4.50. The van der Waals surface area contributed by atoms with Crippen molar-refractivity contribution >= 4 is 116 Å². The van der Waals surface area contributed by atoms with Crippen LogP contribution in [0, 0.1) is 38.9 Å². The van der Waals surface area contributed by atoms with Crippen LogP contribution in [0.4, 0.5) is 68.5 Å². The number of H-pyrrole nitrogens is 1. The minimum absolute atomic E-state index is 0. The maximum absolute atomic E-state index is 13.6. The van der Waals surface area contributed by atoms with Crippen molar-refractivity contribution in [3.8, 4) is 17.1 Å². The van der Waals surface area contributed by atoms with Crippen molar-refractivity contribution in [1.29, 1.82) is 5.41 Å². The van der Waals surface area contributed by atoms with Crippen LogP contribution in [0.25, 0.3) is 17.1 Å². The van der Waals surface area contributed by atoms with E-state index in [2.05, 4.69) is 99.0 Å². The molecule has 0 aliphatic rings. The summed E-state index contributed by atoms with van der Waals surface area (Å²) in [6.07, 6.45) is -4.90. The molecular weight excluding hydrogens is 1960 g/mol. The van der Waals surface area contributed by atoms with Crippen molar-refractivity contribution in [2.45, 2.75) is 82.1 Å². The van der Waals surface area contributed by atoms with Gasteiger partial charge >= 0.3 is 75.2 Å². The minimum Gasteiger partial charge on any atom is -0.300 e. The van der Waals surface area contributed by atoms with Crippen LogP contribution in [0.3, 0.4) is 0 Å². The molecule has 0 saturated heterocycles. The number of nitrogens with two attached hydrogens (primary N) is 1. The molecular formula is C74H73Br2F13I4N11-. The summed E-state index contributed by atoms with van der Waals surface area (Å²) in [7, 11) is 0. The molecule has 104 heavy (non-hydrogen) atoms. The summed E-state index contributed by atoms with van der Waals surface area (Å²) in [5, 5.41) is 7.97. The molecule has 4 N–H and O–H groups in total. The molecule has 0 atom stereocenters. The Kier molecular flexibility index (Phi) is 40.6. The van der Waals surface area contributed by atoms with Gasteiger partial charge in [0, 0.05) is 73.3 Å². The molecule has 0 saturated carbocycles. The molecule has 558 valence electrons. The van der Waals surface area contributed by atoms with E-state index in [0.717, 1.165) is 87.9 Å². The number of hydrogen-bond acceptors (Lipinski definition) is 7. The first-order valence-corrected chi connectivity index (χ1v) is 42.7. The molecule has 30 heteroatoms. The smallest absolute Gasteiger partial charge is 0.0684 e. The second-order valence-corrected chi connectivity index (χ2v) is 38.8. The van der Waals surface area contributed by atoms with E-state index < -0.39 is 52.8 Å². The van der Waals surface area contributed by atoms with E-state index in [1.165, 1.54) is 29.6 Å². The number of nitrogens with one attached hydrogen (secondary N) is 2. The summed E-state index contributed by atoms with van der Waals surface area (Å²) in [5.41, 5.74) is 11.7. The Morgan fingerprint density at radius 1 is 0.471 bits per heavy atom. The normalized spacial score (nSPS) is 10.5. The van der Waals surface area contributed by atoms with Crippen LogP contribution >= 0.6 is 93.1 Å². The Morgan fingerprint density at radius 3 is 1.12 bits per heavy atom. The molecule has 12 aromatic rings. The zero-order chi connectivity index (χ0) is 72.7. The van der Waals surface area contributed by atoms with Crippen LogP contribution in [-0.4, -0.2) is 50.0 Å². The summed E-state index contributed by atoms with van der Waals surface area (Å²) >= 11 is 11.1. The fourth-order valence-electron chi connectivity index (χ4n) is 8.53. The SMILES string of the molecule is C.C.C.C.Cc1cn(-c2cc(Br)cc(C(F)(F)F)c2)cn1.Cc1cn(-c2cc(N)cc(C(F)(F)F)c2)cn1.Cc1cn(-c2cc(N=C(c3ccccc3)c3ccccc3)cc(C(F)(F)F)c2)cn1.Cc1cnc[nH]1.Fc1cc(Br)cc(C(F)(F)F)c1.I.I[I-]I.N=C(c1ccccc1)c1ccccc1. The number of nitrogens with zero attached hydrogens (tertiary/aromatic N) is 8. The van der Waals surface area contributed by atoms with Gasteiger partial charge in [-0.2, -0.15) is 52.7 Å². The van der Waals surface area contributed by atoms with Gasteiger partial charge in [0.15, 0.2) is 0 Å². The number of hydrogen-bond donors (Lipinski definition) is 3. The zero-order valence-electron chi connectivity index (χ0n) is 52.5. The van der Waals surface area contributed by atoms with Crippen LogP contribution in [-0.2, 0) is 24.7 Å². The van der Waals surface area contributed by atoms with E-state index in [4.69, 9.17) is 11.1 Å². The molecule has 8 aromatic carbocycles. The van der Waals surface area contributed by atoms with Gasteiger partial charge in [-0.15, -0.1) is 24.0 Å². The van der Waals surface area contributed by atoms with E-state index in [9.17, 15) is 57.1 Å². The van der Waals surface area contributed by atoms with Crippen molar-refractivity contribution in [3.63, 3.8) is 0 Å². The van der Waals surface area contributed by atoms with Crippen molar-refractivity contribution in [1.82, 2.24) is 38.6 Å². The third kappa shape index (κ3) is 31.4.